The van der Waals surface area contributed by atoms with Crippen molar-refractivity contribution in [3.63, 3.8) is 0 Å². The van der Waals surface area contributed by atoms with Gasteiger partial charge in [0.1, 0.15) is 0 Å². The molecular weight excluding hydrogens is 256 g/mol. The lowest BCUT2D eigenvalue weighted by molar-refractivity contribution is 0.151. The van der Waals surface area contributed by atoms with Crippen LogP contribution in [0.2, 0.25) is 0 Å². The molecule has 1 aliphatic carbocycles. The number of hydrogen-bond acceptors (Lipinski definition) is 2. The summed E-state index contributed by atoms with van der Waals surface area (Å²) in [6.45, 7) is 7.89. The van der Waals surface area contributed by atoms with Crippen LogP contribution in [0.1, 0.15) is 51.5 Å². The Balaban J connectivity index is 1.90. The highest BCUT2D eigenvalue weighted by atomic mass is 15.1. The Kier molecular flexibility index (Phi) is 6.72. The van der Waals surface area contributed by atoms with Crippen molar-refractivity contribution >= 4 is 0 Å². The van der Waals surface area contributed by atoms with Gasteiger partial charge in [-0.05, 0) is 43.2 Å². The molecule has 0 aliphatic heterocycles. The van der Waals surface area contributed by atoms with Gasteiger partial charge in [-0.3, -0.25) is 4.90 Å². The van der Waals surface area contributed by atoms with Crippen LogP contribution in [0, 0.1) is 11.8 Å². The summed E-state index contributed by atoms with van der Waals surface area (Å²) in [6.07, 6.45) is 6.59. The zero-order valence-electron chi connectivity index (χ0n) is 13.8. The molecule has 1 aromatic rings. The number of benzene rings is 1. The molecule has 0 spiro atoms. The van der Waals surface area contributed by atoms with E-state index in [9.17, 15) is 0 Å². The molecule has 2 N–H and O–H groups in total. The van der Waals surface area contributed by atoms with Gasteiger partial charge < -0.3 is 5.73 Å². The molecule has 118 valence electrons. The minimum Gasteiger partial charge on any atom is -0.327 e. The van der Waals surface area contributed by atoms with Crippen LogP contribution >= 0.6 is 0 Å². The molecule has 2 heteroatoms. The molecule has 0 amide bonds. The fourth-order valence-corrected chi connectivity index (χ4v) is 3.74. The molecule has 3 unspecified atom stereocenters. The third kappa shape index (κ3) is 5.12. The smallest absolute Gasteiger partial charge is 0.0233 e. The first-order chi connectivity index (χ1) is 10.2. The van der Waals surface area contributed by atoms with E-state index in [1.807, 2.05) is 0 Å². The van der Waals surface area contributed by atoms with E-state index in [-0.39, 0.29) is 0 Å². The summed E-state index contributed by atoms with van der Waals surface area (Å²) >= 11 is 0. The van der Waals surface area contributed by atoms with Crippen molar-refractivity contribution in [2.24, 2.45) is 17.6 Å². The molecule has 0 radical (unpaired) electrons. The van der Waals surface area contributed by atoms with E-state index in [4.69, 9.17) is 5.73 Å². The van der Waals surface area contributed by atoms with Gasteiger partial charge in [-0.15, -0.1) is 0 Å². The average Bonchev–Trinajstić information content (AvgIpc) is 2.51. The van der Waals surface area contributed by atoms with Crippen LogP contribution in [0.4, 0.5) is 0 Å². The summed E-state index contributed by atoms with van der Waals surface area (Å²) in [6, 6.07) is 11.2. The minimum absolute atomic E-state index is 0.405. The van der Waals surface area contributed by atoms with Gasteiger partial charge in [0, 0.05) is 19.1 Å². The van der Waals surface area contributed by atoms with Crippen LogP contribution < -0.4 is 5.73 Å². The fraction of sp³-hybridized carbons (Fsp3) is 0.684. The third-order valence-corrected chi connectivity index (χ3v) is 5.04. The van der Waals surface area contributed by atoms with E-state index in [0.717, 1.165) is 25.6 Å². The summed E-state index contributed by atoms with van der Waals surface area (Å²) in [5.74, 6) is 1.59. The molecule has 2 rings (SSSR count). The Morgan fingerprint density at radius 3 is 2.57 bits per heavy atom. The van der Waals surface area contributed by atoms with Crippen LogP contribution in [0.3, 0.4) is 0 Å². The first-order valence-electron chi connectivity index (χ1n) is 8.74. The maximum absolute atomic E-state index is 6.41. The van der Waals surface area contributed by atoms with Gasteiger partial charge in [0.2, 0.25) is 0 Å². The van der Waals surface area contributed by atoms with Crippen LogP contribution in [0.5, 0.6) is 0 Å². The normalized spacial score (nSPS) is 26.2. The van der Waals surface area contributed by atoms with Crippen molar-refractivity contribution in [2.45, 2.75) is 58.5 Å². The second-order valence-electron chi connectivity index (χ2n) is 6.71. The molecule has 1 fully saturated rings. The Hall–Kier alpha value is -0.860. The molecule has 0 bridgehead atoms. The molecule has 1 aliphatic rings. The predicted octanol–water partition coefficient (Wildman–Crippen LogP) is 4.05. The topological polar surface area (TPSA) is 29.3 Å². The largest absolute Gasteiger partial charge is 0.327 e. The monoisotopic (exact) mass is 288 g/mol. The summed E-state index contributed by atoms with van der Waals surface area (Å²) < 4.78 is 0. The van der Waals surface area contributed by atoms with Gasteiger partial charge in [-0.1, -0.05) is 57.0 Å². The van der Waals surface area contributed by atoms with Crippen LogP contribution in [-0.4, -0.2) is 24.0 Å². The van der Waals surface area contributed by atoms with Gasteiger partial charge in [-0.2, -0.15) is 0 Å². The van der Waals surface area contributed by atoms with Crippen LogP contribution in [-0.2, 0) is 6.54 Å². The van der Waals surface area contributed by atoms with Gasteiger partial charge >= 0.3 is 0 Å². The molecule has 2 nitrogen and oxygen atoms in total. The third-order valence-electron chi connectivity index (χ3n) is 5.04. The van der Waals surface area contributed by atoms with Crippen LogP contribution in [0.15, 0.2) is 30.3 Å². The minimum atomic E-state index is 0.405. The van der Waals surface area contributed by atoms with Crippen molar-refractivity contribution in [2.75, 3.05) is 13.1 Å². The standard InChI is InChI=1S/C19H32N2/c1-3-8-16-11-12-19(20)18(13-16)15-21(4-2)14-17-9-6-5-7-10-17/h5-7,9-10,16,18-19H,3-4,8,11-15,20H2,1-2H3. The first kappa shape index (κ1) is 16.5. The molecule has 1 aromatic carbocycles. The molecule has 21 heavy (non-hydrogen) atoms. The second kappa shape index (κ2) is 8.55. The molecule has 0 heterocycles. The van der Waals surface area contributed by atoms with Crippen molar-refractivity contribution in [1.29, 1.82) is 0 Å². The predicted molar refractivity (Wildman–Crippen MR) is 91.1 cm³/mol. The molecular formula is C19H32N2. The van der Waals surface area contributed by atoms with Crippen molar-refractivity contribution in [3.8, 4) is 0 Å². The molecule has 3 atom stereocenters. The fourth-order valence-electron chi connectivity index (χ4n) is 3.74. The molecule has 1 saturated carbocycles. The lowest BCUT2D eigenvalue weighted by Crippen LogP contribution is -2.43. The maximum Gasteiger partial charge on any atom is 0.0233 e. The Labute approximate surface area is 130 Å². The van der Waals surface area contributed by atoms with Gasteiger partial charge in [0.05, 0.1) is 0 Å². The number of rotatable bonds is 7. The zero-order chi connectivity index (χ0) is 15.1. The first-order valence-corrected chi connectivity index (χ1v) is 8.74. The Morgan fingerprint density at radius 1 is 1.14 bits per heavy atom. The van der Waals surface area contributed by atoms with Crippen molar-refractivity contribution in [1.82, 2.24) is 4.90 Å². The van der Waals surface area contributed by atoms with Crippen molar-refractivity contribution in [3.05, 3.63) is 35.9 Å². The lowest BCUT2D eigenvalue weighted by Gasteiger charge is -2.37. The highest BCUT2D eigenvalue weighted by molar-refractivity contribution is 5.14. The quantitative estimate of drug-likeness (QED) is 0.820. The summed E-state index contributed by atoms with van der Waals surface area (Å²) in [5, 5.41) is 0. The van der Waals surface area contributed by atoms with E-state index in [1.54, 1.807) is 0 Å². The van der Waals surface area contributed by atoms with Crippen molar-refractivity contribution < 1.29 is 0 Å². The average molecular weight is 288 g/mol. The summed E-state index contributed by atoms with van der Waals surface area (Å²) in [7, 11) is 0. The molecule has 0 aromatic heterocycles. The summed E-state index contributed by atoms with van der Waals surface area (Å²) in [5.41, 5.74) is 7.82. The van der Waals surface area contributed by atoms with E-state index >= 15 is 0 Å². The van der Waals surface area contributed by atoms with Gasteiger partial charge in [0.25, 0.3) is 0 Å². The van der Waals surface area contributed by atoms with Gasteiger partial charge in [-0.25, -0.2) is 0 Å². The molecule has 0 saturated heterocycles. The summed E-state index contributed by atoms with van der Waals surface area (Å²) in [4.78, 5) is 2.56. The SMILES string of the molecule is CCCC1CCC(N)C(CN(CC)Cc2ccccc2)C1. The van der Waals surface area contributed by atoms with E-state index in [0.29, 0.717) is 12.0 Å². The van der Waals surface area contributed by atoms with Crippen LogP contribution in [0.25, 0.3) is 0 Å². The Morgan fingerprint density at radius 2 is 1.90 bits per heavy atom. The van der Waals surface area contributed by atoms with Gasteiger partial charge in [0.15, 0.2) is 0 Å². The lowest BCUT2D eigenvalue weighted by atomic mass is 9.76. The Bertz CT molecular complexity index is 390. The highest BCUT2D eigenvalue weighted by Gasteiger charge is 2.28. The maximum atomic E-state index is 6.41. The number of nitrogens with zero attached hydrogens (tertiary/aromatic N) is 1. The van der Waals surface area contributed by atoms with E-state index < -0.39 is 0 Å². The number of hydrogen-bond donors (Lipinski definition) is 1. The van der Waals surface area contributed by atoms with E-state index in [2.05, 4.69) is 49.1 Å². The number of nitrogens with two attached hydrogens (primary N) is 1. The second-order valence-corrected chi connectivity index (χ2v) is 6.71. The highest BCUT2D eigenvalue weighted by Crippen LogP contribution is 2.32. The zero-order valence-corrected chi connectivity index (χ0v) is 13.8. The van der Waals surface area contributed by atoms with E-state index in [1.165, 1.54) is 37.7 Å².